The van der Waals surface area contributed by atoms with Crippen LogP contribution in [0.2, 0.25) is 0 Å². The van der Waals surface area contributed by atoms with Crippen molar-refractivity contribution in [3.63, 3.8) is 0 Å². The highest BCUT2D eigenvalue weighted by molar-refractivity contribution is 8.00. The van der Waals surface area contributed by atoms with Gasteiger partial charge in [0.2, 0.25) is 0 Å². The summed E-state index contributed by atoms with van der Waals surface area (Å²) >= 11 is 1.45. The summed E-state index contributed by atoms with van der Waals surface area (Å²) in [6, 6.07) is 9.75. The Morgan fingerprint density at radius 2 is 1.92 bits per heavy atom. The van der Waals surface area contributed by atoms with Gasteiger partial charge in [-0.3, -0.25) is 0 Å². The molecular formula is C10H9NOS. The van der Waals surface area contributed by atoms with Crippen LogP contribution in [0.4, 0.5) is 0 Å². The third-order valence-corrected chi connectivity index (χ3v) is 2.37. The molecule has 2 nitrogen and oxygen atoms in total. The monoisotopic (exact) mass is 191 g/mol. The van der Waals surface area contributed by atoms with Crippen molar-refractivity contribution in [3.8, 4) is 0 Å². The molecule has 2 rings (SSSR count). The molecule has 0 unspecified atom stereocenters. The maximum Gasteiger partial charge on any atom is 0.140 e. The van der Waals surface area contributed by atoms with Crippen LogP contribution in [0.25, 0.3) is 5.70 Å². The van der Waals surface area contributed by atoms with Gasteiger partial charge in [-0.15, -0.1) is 0 Å². The highest BCUT2D eigenvalue weighted by Crippen LogP contribution is 2.22. The fourth-order valence-corrected chi connectivity index (χ4v) is 1.74. The van der Waals surface area contributed by atoms with Crippen LogP contribution in [-0.2, 0) is 0 Å². The summed E-state index contributed by atoms with van der Waals surface area (Å²) < 4.78 is 3.04. The van der Waals surface area contributed by atoms with E-state index in [1.807, 2.05) is 35.7 Å². The van der Waals surface area contributed by atoms with Crippen molar-refractivity contribution in [1.29, 1.82) is 0 Å². The van der Waals surface area contributed by atoms with E-state index in [0.717, 1.165) is 11.3 Å². The van der Waals surface area contributed by atoms with Gasteiger partial charge >= 0.3 is 0 Å². The minimum absolute atomic E-state index is 0.282. The number of allylic oxidation sites excluding steroid dienone is 1. The molecule has 0 aliphatic carbocycles. The minimum Gasteiger partial charge on any atom is -0.506 e. The molecule has 3 heteroatoms. The Kier molecular flexibility index (Phi) is 2.27. The summed E-state index contributed by atoms with van der Waals surface area (Å²) in [5.41, 5.74) is 1.77. The molecule has 0 radical (unpaired) electrons. The lowest BCUT2D eigenvalue weighted by Gasteiger charge is -2.13. The van der Waals surface area contributed by atoms with Gasteiger partial charge in [0.05, 0.1) is 5.70 Å². The summed E-state index contributed by atoms with van der Waals surface area (Å²) in [6.07, 6.45) is 1.68. The Labute approximate surface area is 81.1 Å². The van der Waals surface area contributed by atoms with E-state index in [9.17, 15) is 5.11 Å². The lowest BCUT2D eigenvalue weighted by molar-refractivity contribution is 0.433. The minimum atomic E-state index is 0.282. The first-order valence-electron chi connectivity index (χ1n) is 3.95. The van der Waals surface area contributed by atoms with Crippen molar-refractivity contribution < 1.29 is 5.11 Å². The average molecular weight is 191 g/mol. The van der Waals surface area contributed by atoms with Crippen molar-refractivity contribution in [3.05, 3.63) is 53.1 Å². The predicted molar refractivity (Wildman–Crippen MR) is 55.9 cm³/mol. The van der Waals surface area contributed by atoms with Gasteiger partial charge in [0.25, 0.3) is 0 Å². The molecule has 1 aromatic rings. The first-order chi connectivity index (χ1) is 6.38. The molecular weight excluding hydrogens is 182 g/mol. The summed E-state index contributed by atoms with van der Waals surface area (Å²) in [6.45, 7) is 0. The maximum atomic E-state index is 9.54. The van der Waals surface area contributed by atoms with Gasteiger partial charge in [-0.05, 0) is 23.4 Å². The Morgan fingerprint density at radius 1 is 1.15 bits per heavy atom. The van der Waals surface area contributed by atoms with E-state index in [-0.39, 0.29) is 5.76 Å². The van der Waals surface area contributed by atoms with Crippen LogP contribution in [0, 0.1) is 0 Å². The van der Waals surface area contributed by atoms with Crippen molar-refractivity contribution in [2.24, 2.45) is 0 Å². The van der Waals surface area contributed by atoms with Crippen molar-refractivity contribution >= 4 is 17.6 Å². The highest BCUT2D eigenvalue weighted by atomic mass is 32.2. The standard InChI is InChI=1S/C10H9NOS/c12-9-6-7-13-11-10(9)8-4-2-1-3-5-8/h1-7,11-12H. The second-order valence-corrected chi connectivity index (χ2v) is 3.36. The van der Waals surface area contributed by atoms with Crippen LogP contribution in [0.15, 0.2) is 47.6 Å². The smallest absolute Gasteiger partial charge is 0.140 e. The summed E-state index contributed by atoms with van der Waals surface area (Å²) in [7, 11) is 0. The molecule has 2 N–H and O–H groups in total. The fourth-order valence-electron chi connectivity index (χ4n) is 1.14. The van der Waals surface area contributed by atoms with Crippen LogP contribution < -0.4 is 4.72 Å². The van der Waals surface area contributed by atoms with E-state index in [4.69, 9.17) is 0 Å². The molecule has 1 aliphatic rings. The predicted octanol–water partition coefficient (Wildman–Crippen LogP) is 2.68. The third-order valence-electron chi connectivity index (χ3n) is 1.77. The molecule has 0 aromatic heterocycles. The van der Waals surface area contributed by atoms with Crippen LogP contribution >= 0.6 is 11.9 Å². The van der Waals surface area contributed by atoms with Crippen LogP contribution in [0.1, 0.15) is 5.56 Å². The first kappa shape index (κ1) is 8.26. The molecule has 0 amide bonds. The summed E-state index contributed by atoms with van der Waals surface area (Å²) in [5, 5.41) is 11.3. The largest absolute Gasteiger partial charge is 0.506 e. The topological polar surface area (TPSA) is 32.3 Å². The van der Waals surface area contributed by atoms with Crippen molar-refractivity contribution in [2.75, 3.05) is 0 Å². The number of hydrogen-bond donors (Lipinski definition) is 2. The SMILES string of the molecule is OC1=C(c2ccccc2)NSC=C1. The van der Waals surface area contributed by atoms with E-state index in [0.29, 0.717) is 0 Å². The van der Waals surface area contributed by atoms with Crippen LogP contribution in [0.3, 0.4) is 0 Å². The Balaban J connectivity index is 2.41. The van der Waals surface area contributed by atoms with Gasteiger partial charge < -0.3 is 9.83 Å². The fraction of sp³-hybridized carbons (Fsp3) is 0. The lowest BCUT2D eigenvalue weighted by atomic mass is 10.1. The van der Waals surface area contributed by atoms with E-state index < -0.39 is 0 Å². The number of hydrogen-bond acceptors (Lipinski definition) is 3. The number of benzene rings is 1. The number of aliphatic hydroxyl groups is 1. The highest BCUT2D eigenvalue weighted by Gasteiger charge is 2.08. The molecule has 0 saturated carbocycles. The zero-order valence-electron chi connectivity index (χ0n) is 6.90. The Hall–Kier alpha value is -1.35. The van der Waals surface area contributed by atoms with E-state index in [2.05, 4.69) is 4.72 Å². The van der Waals surface area contributed by atoms with Gasteiger partial charge in [0, 0.05) is 5.56 Å². The van der Waals surface area contributed by atoms with Crippen molar-refractivity contribution in [2.45, 2.75) is 0 Å². The number of aliphatic hydroxyl groups excluding tert-OH is 1. The molecule has 0 spiro atoms. The number of nitrogens with one attached hydrogen (secondary N) is 1. The van der Waals surface area contributed by atoms with Crippen molar-refractivity contribution in [1.82, 2.24) is 4.72 Å². The first-order valence-corrected chi connectivity index (χ1v) is 4.83. The normalized spacial score (nSPS) is 15.7. The van der Waals surface area contributed by atoms with Gasteiger partial charge in [0.1, 0.15) is 5.76 Å². The van der Waals surface area contributed by atoms with Gasteiger partial charge in [-0.1, -0.05) is 30.3 Å². The van der Waals surface area contributed by atoms with E-state index >= 15 is 0 Å². The molecule has 1 aromatic carbocycles. The quantitative estimate of drug-likeness (QED) is 0.669. The van der Waals surface area contributed by atoms with Gasteiger partial charge in [-0.25, -0.2) is 0 Å². The zero-order valence-corrected chi connectivity index (χ0v) is 7.71. The third kappa shape index (κ3) is 1.70. The molecule has 66 valence electrons. The molecule has 0 bridgehead atoms. The van der Waals surface area contributed by atoms with Gasteiger partial charge in [-0.2, -0.15) is 0 Å². The molecule has 0 fully saturated rings. The second kappa shape index (κ2) is 3.58. The average Bonchev–Trinajstić information content (AvgIpc) is 2.20. The second-order valence-electron chi connectivity index (χ2n) is 2.65. The Morgan fingerprint density at radius 3 is 2.62 bits per heavy atom. The Bertz CT molecular complexity index is 356. The molecule has 0 saturated heterocycles. The zero-order chi connectivity index (χ0) is 9.10. The molecule has 1 aliphatic heterocycles. The lowest BCUT2D eigenvalue weighted by Crippen LogP contribution is -2.06. The molecule has 1 heterocycles. The van der Waals surface area contributed by atoms with Crippen LogP contribution in [0.5, 0.6) is 0 Å². The van der Waals surface area contributed by atoms with E-state index in [1.54, 1.807) is 6.08 Å². The molecule has 0 atom stereocenters. The summed E-state index contributed by atoms with van der Waals surface area (Å²) in [4.78, 5) is 0. The van der Waals surface area contributed by atoms with Crippen LogP contribution in [-0.4, -0.2) is 5.11 Å². The van der Waals surface area contributed by atoms with Gasteiger partial charge in [0.15, 0.2) is 0 Å². The maximum absolute atomic E-state index is 9.54. The van der Waals surface area contributed by atoms with E-state index in [1.165, 1.54) is 11.9 Å². The number of rotatable bonds is 1. The summed E-state index contributed by atoms with van der Waals surface area (Å²) in [5.74, 6) is 0.282. The molecule has 13 heavy (non-hydrogen) atoms.